The average Bonchev–Trinajstić information content (AvgIpc) is 2.50. The third-order valence-corrected chi connectivity index (χ3v) is 4.05. The maximum absolute atomic E-state index is 3.95. The van der Waals surface area contributed by atoms with E-state index in [1.165, 1.54) is 16.9 Å². The summed E-state index contributed by atoms with van der Waals surface area (Å²) in [5.74, 6) is 0.882. The largest absolute Gasteiger partial charge is 0.369 e. The molecular weight excluding hydrogens is 260 g/mol. The number of piperazine rings is 1. The molecule has 1 atom stereocenters. The van der Waals surface area contributed by atoms with E-state index in [4.69, 9.17) is 0 Å². The molecular formula is C17H28N4. The van der Waals surface area contributed by atoms with Gasteiger partial charge in [0.15, 0.2) is 0 Å². The Morgan fingerprint density at radius 1 is 1.14 bits per heavy atom. The van der Waals surface area contributed by atoms with Crippen molar-refractivity contribution in [1.29, 1.82) is 0 Å². The normalized spacial score (nSPS) is 21.6. The van der Waals surface area contributed by atoms with Gasteiger partial charge < -0.3 is 20.4 Å². The highest BCUT2D eigenvalue weighted by atomic mass is 15.2. The summed E-state index contributed by atoms with van der Waals surface area (Å²) in [6.45, 7) is 14.6. The van der Waals surface area contributed by atoms with Gasteiger partial charge in [-0.05, 0) is 37.7 Å². The van der Waals surface area contributed by atoms with E-state index < -0.39 is 0 Å². The summed E-state index contributed by atoms with van der Waals surface area (Å²) in [5.41, 5.74) is 3.83. The first-order valence-corrected chi connectivity index (χ1v) is 7.93. The maximum atomic E-state index is 3.95. The van der Waals surface area contributed by atoms with Gasteiger partial charge in [-0.2, -0.15) is 0 Å². The number of hydrogen-bond acceptors (Lipinski definition) is 4. The molecule has 2 N–H and O–H groups in total. The molecule has 0 radical (unpaired) electrons. The van der Waals surface area contributed by atoms with Crippen LogP contribution in [0.15, 0.2) is 30.6 Å². The number of anilines is 2. The predicted octanol–water partition coefficient (Wildman–Crippen LogP) is 3.01. The van der Waals surface area contributed by atoms with E-state index in [0.717, 1.165) is 32.0 Å². The molecule has 1 aromatic carbocycles. The zero-order valence-corrected chi connectivity index (χ0v) is 13.7. The third kappa shape index (κ3) is 3.50. The van der Waals surface area contributed by atoms with Crippen LogP contribution in [0.3, 0.4) is 0 Å². The average molecular weight is 288 g/mol. The number of hydrogen-bond donors (Lipinski definition) is 2. The molecule has 0 saturated carbocycles. The minimum atomic E-state index is 0.316. The summed E-state index contributed by atoms with van der Waals surface area (Å²) in [4.78, 5) is 4.85. The molecule has 2 aliphatic rings. The van der Waals surface area contributed by atoms with Crippen molar-refractivity contribution in [3.63, 3.8) is 0 Å². The molecule has 21 heavy (non-hydrogen) atoms. The molecule has 2 heterocycles. The number of likely N-dealkylation sites (N-methyl/N-ethyl adjacent to an activating group) is 1. The second-order valence-corrected chi connectivity index (χ2v) is 5.53. The van der Waals surface area contributed by atoms with Crippen LogP contribution in [-0.4, -0.2) is 38.1 Å². The molecule has 4 nitrogen and oxygen atoms in total. The quantitative estimate of drug-likeness (QED) is 0.831. The monoisotopic (exact) mass is 288 g/mol. The van der Waals surface area contributed by atoms with Gasteiger partial charge in [0.2, 0.25) is 0 Å². The van der Waals surface area contributed by atoms with Crippen LogP contribution < -0.4 is 15.5 Å². The highest BCUT2D eigenvalue weighted by Crippen LogP contribution is 2.32. The number of rotatable bonds is 1. The second kappa shape index (κ2) is 6.85. The van der Waals surface area contributed by atoms with Gasteiger partial charge in [-0.15, -0.1) is 0 Å². The van der Waals surface area contributed by atoms with Crippen LogP contribution in [0.1, 0.15) is 32.4 Å². The van der Waals surface area contributed by atoms with Gasteiger partial charge in [0.05, 0.1) is 11.9 Å². The molecule has 1 aromatic rings. The minimum Gasteiger partial charge on any atom is -0.369 e. The first-order valence-electron chi connectivity index (χ1n) is 7.93. The van der Waals surface area contributed by atoms with Crippen molar-refractivity contribution in [2.45, 2.75) is 26.8 Å². The molecule has 0 aromatic heterocycles. The molecule has 1 saturated heterocycles. The first kappa shape index (κ1) is 15.7. The highest BCUT2D eigenvalue weighted by molar-refractivity contribution is 5.65. The van der Waals surface area contributed by atoms with Gasteiger partial charge in [-0.25, -0.2) is 0 Å². The standard InChI is InChI=1S/C15H22N4.C2H6/c1-11-14-10-13(19-8-6-18(3)7-9-19)4-5-15(14)17-12(2)16-11;1-2/h4-5,10-11,16-17H,2,6-9H2,1,3H3;1-2H3. The lowest BCUT2D eigenvalue weighted by molar-refractivity contribution is 0.313. The smallest absolute Gasteiger partial charge is 0.0961 e. The topological polar surface area (TPSA) is 30.5 Å². The predicted molar refractivity (Wildman–Crippen MR) is 91.8 cm³/mol. The van der Waals surface area contributed by atoms with Gasteiger partial charge >= 0.3 is 0 Å². The fourth-order valence-corrected chi connectivity index (χ4v) is 2.82. The van der Waals surface area contributed by atoms with Crippen molar-refractivity contribution in [2.24, 2.45) is 0 Å². The summed E-state index contributed by atoms with van der Waals surface area (Å²) >= 11 is 0. The minimum absolute atomic E-state index is 0.316. The lowest BCUT2D eigenvalue weighted by Crippen LogP contribution is -2.44. The summed E-state index contributed by atoms with van der Waals surface area (Å²) in [7, 11) is 2.19. The SMILES string of the molecule is C=C1Nc2ccc(N3CCN(C)CC3)cc2C(C)N1.CC. The van der Waals surface area contributed by atoms with Crippen LogP contribution in [0.4, 0.5) is 11.4 Å². The van der Waals surface area contributed by atoms with E-state index in [0.29, 0.717) is 6.04 Å². The molecule has 0 amide bonds. The zero-order valence-electron chi connectivity index (χ0n) is 13.7. The lowest BCUT2D eigenvalue weighted by atomic mass is 10.0. The van der Waals surface area contributed by atoms with Crippen LogP contribution in [0.5, 0.6) is 0 Å². The van der Waals surface area contributed by atoms with Crippen molar-refractivity contribution >= 4 is 11.4 Å². The van der Waals surface area contributed by atoms with Gasteiger partial charge in [0.1, 0.15) is 0 Å². The second-order valence-electron chi connectivity index (χ2n) is 5.53. The number of nitrogens with one attached hydrogen (secondary N) is 2. The van der Waals surface area contributed by atoms with Gasteiger partial charge in [-0.1, -0.05) is 20.4 Å². The molecule has 4 heteroatoms. The molecule has 1 unspecified atom stereocenters. The third-order valence-electron chi connectivity index (χ3n) is 4.05. The molecule has 0 bridgehead atoms. The molecule has 2 aliphatic heterocycles. The number of nitrogens with zero attached hydrogens (tertiary/aromatic N) is 2. The van der Waals surface area contributed by atoms with Crippen LogP contribution in [-0.2, 0) is 0 Å². The summed E-state index contributed by atoms with van der Waals surface area (Å²) in [6, 6.07) is 7.00. The van der Waals surface area contributed by atoms with Gasteiger partial charge in [0.25, 0.3) is 0 Å². The Labute approximate surface area is 128 Å². The Morgan fingerprint density at radius 2 is 1.81 bits per heavy atom. The molecule has 116 valence electrons. The lowest BCUT2D eigenvalue weighted by Gasteiger charge is -2.35. The van der Waals surface area contributed by atoms with Gasteiger partial charge in [0, 0.05) is 37.6 Å². The van der Waals surface area contributed by atoms with Crippen molar-refractivity contribution in [2.75, 3.05) is 43.4 Å². The zero-order chi connectivity index (χ0) is 15.4. The van der Waals surface area contributed by atoms with Crippen LogP contribution in [0.2, 0.25) is 0 Å². The fraction of sp³-hybridized carbons (Fsp3) is 0.529. The van der Waals surface area contributed by atoms with Gasteiger partial charge in [-0.3, -0.25) is 0 Å². The van der Waals surface area contributed by atoms with E-state index in [1.54, 1.807) is 0 Å². The molecule has 3 rings (SSSR count). The maximum Gasteiger partial charge on any atom is 0.0961 e. The molecule has 1 fully saturated rings. The Balaban J connectivity index is 0.000000774. The van der Waals surface area contributed by atoms with Crippen LogP contribution >= 0.6 is 0 Å². The van der Waals surface area contributed by atoms with Crippen molar-refractivity contribution < 1.29 is 0 Å². The first-order chi connectivity index (χ1) is 10.1. The van der Waals surface area contributed by atoms with E-state index >= 15 is 0 Å². The van der Waals surface area contributed by atoms with Crippen LogP contribution in [0, 0.1) is 0 Å². The number of fused-ring (bicyclic) bond motifs is 1. The van der Waals surface area contributed by atoms with E-state index in [9.17, 15) is 0 Å². The molecule has 0 aliphatic carbocycles. The van der Waals surface area contributed by atoms with E-state index in [1.807, 2.05) is 13.8 Å². The Morgan fingerprint density at radius 3 is 2.48 bits per heavy atom. The van der Waals surface area contributed by atoms with Crippen molar-refractivity contribution in [3.05, 3.63) is 36.2 Å². The summed E-state index contributed by atoms with van der Waals surface area (Å²) < 4.78 is 0. The molecule has 0 spiro atoms. The fourth-order valence-electron chi connectivity index (χ4n) is 2.82. The van der Waals surface area contributed by atoms with Crippen LogP contribution in [0.25, 0.3) is 0 Å². The summed E-state index contributed by atoms with van der Waals surface area (Å²) in [6.07, 6.45) is 0. The Hall–Kier alpha value is -1.68. The van der Waals surface area contributed by atoms with Crippen molar-refractivity contribution in [1.82, 2.24) is 10.2 Å². The van der Waals surface area contributed by atoms with E-state index in [2.05, 4.69) is 59.2 Å². The highest BCUT2D eigenvalue weighted by Gasteiger charge is 2.20. The van der Waals surface area contributed by atoms with E-state index in [-0.39, 0.29) is 0 Å². The summed E-state index contributed by atoms with van der Waals surface area (Å²) in [5, 5.41) is 6.64. The number of benzene rings is 1. The Bertz CT molecular complexity index is 490. The van der Waals surface area contributed by atoms with Crippen molar-refractivity contribution in [3.8, 4) is 0 Å². The Kier molecular flexibility index (Phi) is 5.12.